The predicted octanol–water partition coefficient (Wildman–Crippen LogP) is 3.06. The topological polar surface area (TPSA) is 72.9 Å². The minimum atomic E-state index is -1.15. The average Bonchev–Trinajstić information content (AvgIpc) is 3.35. The first-order valence-corrected chi connectivity index (χ1v) is 9.31. The minimum Gasteiger partial charge on any atom is -0.468 e. The lowest BCUT2D eigenvalue weighted by Crippen LogP contribution is -2.44. The number of hydrogen-bond donors (Lipinski definition) is 0. The second-order valence-corrected chi connectivity index (χ2v) is 7.53. The summed E-state index contributed by atoms with van der Waals surface area (Å²) in [4.78, 5) is 40.0. The summed E-state index contributed by atoms with van der Waals surface area (Å²) in [6.07, 6.45) is -0.356. The number of amides is 1. The van der Waals surface area contributed by atoms with Gasteiger partial charge in [0.2, 0.25) is 0 Å². The van der Waals surface area contributed by atoms with Gasteiger partial charge in [0.1, 0.15) is 12.0 Å². The van der Waals surface area contributed by atoms with E-state index in [4.69, 9.17) is 9.47 Å². The molecule has 4 unspecified atom stereocenters. The van der Waals surface area contributed by atoms with Gasteiger partial charge in [0.15, 0.2) is 5.78 Å². The van der Waals surface area contributed by atoms with Crippen molar-refractivity contribution in [2.75, 3.05) is 12.0 Å². The van der Waals surface area contributed by atoms with Gasteiger partial charge in [-0.3, -0.25) is 14.5 Å². The molecule has 5 rings (SSSR count). The molecule has 2 saturated carbocycles. The fourth-order valence-corrected chi connectivity index (χ4v) is 5.19. The molecule has 6 nitrogen and oxygen atoms in total. The van der Waals surface area contributed by atoms with Crippen LogP contribution in [0.25, 0.3) is 0 Å². The van der Waals surface area contributed by atoms with Gasteiger partial charge in [0.05, 0.1) is 18.8 Å². The summed E-state index contributed by atoms with van der Waals surface area (Å²) >= 11 is 0. The number of methoxy groups -OCH3 is 1. The largest absolute Gasteiger partial charge is 0.468 e. The first-order valence-electron chi connectivity index (χ1n) is 9.31. The van der Waals surface area contributed by atoms with E-state index in [1.807, 2.05) is 54.6 Å². The highest BCUT2D eigenvalue weighted by molar-refractivity contribution is 6.14. The van der Waals surface area contributed by atoms with Gasteiger partial charge in [0.25, 0.3) is 0 Å². The Labute approximate surface area is 162 Å². The highest BCUT2D eigenvalue weighted by Crippen LogP contribution is 2.75. The molecule has 28 heavy (non-hydrogen) atoms. The number of carbonyl (C=O) groups is 3. The maximum Gasteiger partial charge on any atom is 0.414 e. The SMILES string of the molecule is COC(=O)C12C(=O)CC3C1C2c1ccccc1N3C(=O)OCc1ccccc1. The molecule has 1 aliphatic heterocycles. The number of Topliss-reactive ketones (excluding diaryl/α,β-unsaturated/α-hetero) is 1. The molecule has 3 aliphatic rings. The van der Waals surface area contributed by atoms with Crippen molar-refractivity contribution in [2.45, 2.75) is 25.0 Å². The molecule has 2 fully saturated rings. The molecule has 6 heteroatoms. The third-order valence-corrected chi connectivity index (χ3v) is 6.32. The van der Waals surface area contributed by atoms with Gasteiger partial charge >= 0.3 is 12.1 Å². The molecule has 0 radical (unpaired) electrons. The predicted molar refractivity (Wildman–Crippen MR) is 99.6 cm³/mol. The van der Waals surface area contributed by atoms with E-state index in [0.717, 1.165) is 11.1 Å². The molecule has 0 bridgehead atoms. The summed E-state index contributed by atoms with van der Waals surface area (Å²) in [6, 6.07) is 16.5. The zero-order valence-electron chi connectivity index (χ0n) is 15.3. The fraction of sp³-hybridized carbons (Fsp3) is 0.318. The van der Waals surface area contributed by atoms with Gasteiger partial charge in [-0.25, -0.2) is 4.79 Å². The first kappa shape index (κ1) is 17.0. The Morgan fingerprint density at radius 3 is 2.57 bits per heavy atom. The number of rotatable bonds is 3. The Balaban J connectivity index is 1.50. The van der Waals surface area contributed by atoms with Crippen LogP contribution in [0.15, 0.2) is 54.6 Å². The number of nitrogens with zero attached hydrogens (tertiary/aromatic N) is 1. The average molecular weight is 377 g/mol. The summed E-state index contributed by atoms with van der Waals surface area (Å²) in [6.45, 7) is 0.148. The van der Waals surface area contributed by atoms with E-state index in [0.29, 0.717) is 5.69 Å². The fourth-order valence-electron chi connectivity index (χ4n) is 5.19. The quantitative estimate of drug-likeness (QED) is 0.607. The van der Waals surface area contributed by atoms with E-state index in [1.54, 1.807) is 4.90 Å². The Kier molecular flexibility index (Phi) is 3.59. The van der Waals surface area contributed by atoms with Crippen LogP contribution in [0.1, 0.15) is 23.5 Å². The molecule has 2 aliphatic carbocycles. The standard InChI is InChI=1S/C22H19NO5/c1-27-20(25)22-17(24)11-16-19(22)18(22)14-9-5-6-10-15(14)23(16)21(26)28-12-13-7-3-2-4-8-13/h2-10,16,18-19H,11-12H2,1H3. The van der Waals surface area contributed by atoms with Crippen molar-refractivity contribution in [3.05, 3.63) is 65.7 Å². The molecule has 0 saturated heterocycles. The number of ketones is 1. The molecule has 142 valence electrons. The number of ether oxygens (including phenoxy) is 2. The maximum absolute atomic E-state index is 13.0. The van der Waals surface area contributed by atoms with Crippen molar-refractivity contribution in [1.82, 2.24) is 0 Å². The van der Waals surface area contributed by atoms with Gasteiger partial charge in [0, 0.05) is 18.3 Å². The maximum atomic E-state index is 13.0. The van der Waals surface area contributed by atoms with Gasteiger partial charge in [-0.2, -0.15) is 0 Å². The van der Waals surface area contributed by atoms with E-state index in [9.17, 15) is 14.4 Å². The molecular formula is C22H19NO5. The van der Waals surface area contributed by atoms with Gasteiger partial charge in [-0.1, -0.05) is 48.5 Å². The summed E-state index contributed by atoms with van der Waals surface area (Å²) in [5.74, 6) is -1.11. The number of anilines is 1. The summed E-state index contributed by atoms with van der Waals surface area (Å²) < 4.78 is 10.5. The monoisotopic (exact) mass is 377 g/mol. The van der Waals surface area contributed by atoms with Crippen LogP contribution in [0.2, 0.25) is 0 Å². The van der Waals surface area contributed by atoms with Gasteiger partial charge < -0.3 is 9.47 Å². The third kappa shape index (κ3) is 2.06. The van der Waals surface area contributed by atoms with Crippen molar-refractivity contribution in [3.63, 3.8) is 0 Å². The molecule has 4 atom stereocenters. The Hall–Kier alpha value is -3.15. The second-order valence-electron chi connectivity index (χ2n) is 7.53. The third-order valence-electron chi connectivity index (χ3n) is 6.32. The zero-order valence-corrected chi connectivity index (χ0v) is 15.3. The van der Waals surface area contributed by atoms with Crippen LogP contribution in [-0.4, -0.2) is 31.0 Å². The number of fused-ring (bicyclic) bond motifs is 3. The van der Waals surface area contributed by atoms with Crippen LogP contribution in [0, 0.1) is 11.3 Å². The summed E-state index contributed by atoms with van der Waals surface area (Å²) in [7, 11) is 1.31. The molecule has 1 amide bonds. The number of hydrogen-bond acceptors (Lipinski definition) is 5. The van der Waals surface area contributed by atoms with Crippen LogP contribution in [-0.2, 0) is 25.7 Å². The van der Waals surface area contributed by atoms with Crippen molar-refractivity contribution < 1.29 is 23.9 Å². The number of esters is 1. The van der Waals surface area contributed by atoms with Crippen LogP contribution >= 0.6 is 0 Å². The van der Waals surface area contributed by atoms with E-state index in [2.05, 4.69) is 0 Å². The number of carbonyl (C=O) groups excluding carboxylic acids is 3. The first-order chi connectivity index (χ1) is 13.6. The van der Waals surface area contributed by atoms with Crippen LogP contribution in [0.3, 0.4) is 0 Å². The molecule has 0 aromatic heterocycles. The smallest absolute Gasteiger partial charge is 0.414 e. The summed E-state index contributed by atoms with van der Waals surface area (Å²) in [5.41, 5.74) is 1.28. The molecule has 2 aromatic rings. The van der Waals surface area contributed by atoms with Gasteiger partial charge in [-0.05, 0) is 17.2 Å². The van der Waals surface area contributed by atoms with E-state index in [-0.39, 0.29) is 36.7 Å². The lowest BCUT2D eigenvalue weighted by molar-refractivity contribution is -0.151. The van der Waals surface area contributed by atoms with Crippen LogP contribution in [0.4, 0.5) is 10.5 Å². The molecule has 1 heterocycles. The zero-order chi connectivity index (χ0) is 19.5. The van der Waals surface area contributed by atoms with E-state index < -0.39 is 17.5 Å². The van der Waals surface area contributed by atoms with Crippen molar-refractivity contribution >= 4 is 23.5 Å². The highest BCUT2D eigenvalue weighted by Gasteiger charge is 2.83. The van der Waals surface area contributed by atoms with Crippen LogP contribution in [0.5, 0.6) is 0 Å². The van der Waals surface area contributed by atoms with Crippen molar-refractivity contribution in [2.24, 2.45) is 11.3 Å². The lowest BCUT2D eigenvalue weighted by Gasteiger charge is -2.35. The molecule has 0 spiro atoms. The normalized spacial score (nSPS) is 29.0. The Bertz CT molecular complexity index is 987. The molecule has 2 aromatic carbocycles. The van der Waals surface area contributed by atoms with E-state index >= 15 is 0 Å². The van der Waals surface area contributed by atoms with Crippen LogP contribution < -0.4 is 4.90 Å². The highest BCUT2D eigenvalue weighted by atomic mass is 16.6. The Morgan fingerprint density at radius 1 is 1.11 bits per heavy atom. The molecule has 0 N–H and O–H groups in total. The van der Waals surface area contributed by atoms with Crippen molar-refractivity contribution in [3.8, 4) is 0 Å². The van der Waals surface area contributed by atoms with Gasteiger partial charge in [-0.15, -0.1) is 0 Å². The Morgan fingerprint density at radius 2 is 1.82 bits per heavy atom. The second kappa shape index (κ2) is 5.92. The number of benzene rings is 2. The summed E-state index contributed by atoms with van der Waals surface area (Å²) in [5, 5.41) is 0. The van der Waals surface area contributed by atoms with E-state index in [1.165, 1.54) is 7.11 Å². The number of para-hydroxylation sites is 1. The lowest BCUT2D eigenvalue weighted by atomic mass is 9.89. The molecular weight excluding hydrogens is 358 g/mol. The minimum absolute atomic E-state index is 0.144. The van der Waals surface area contributed by atoms with Crippen molar-refractivity contribution in [1.29, 1.82) is 0 Å².